The van der Waals surface area contributed by atoms with Gasteiger partial charge in [-0.3, -0.25) is 9.59 Å². The highest BCUT2D eigenvalue weighted by atomic mass is 16.4. The van der Waals surface area contributed by atoms with E-state index in [-0.39, 0.29) is 40.0 Å². The zero-order valence-electron chi connectivity index (χ0n) is 20.5. The van der Waals surface area contributed by atoms with E-state index in [1.807, 2.05) is 0 Å². The first-order valence-electron chi connectivity index (χ1n) is 11.7. The number of carbonyl (C=O) groups excluding carboxylic acids is 2. The minimum Gasteiger partial charge on any atom is -0.478 e. The number of hydrogen-bond donors (Lipinski definition) is 6. The van der Waals surface area contributed by atoms with Crippen molar-refractivity contribution in [1.29, 1.82) is 0 Å². The van der Waals surface area contributed by atoms with Crippen molar-refractivity contribution in [2.45, 2.75) is 6.42 Å². The van der Waals surface area contributed by atoms with Crippen molar-refractivity contribution in [3.05, 3.63) is 118 Å². The Morgan fingerprint density at radius 2 is 1.00 bits per heavy atom. The fourth-order valence-electron chi connectivity index (χ4n) is 3.96. The molecule has 0 unspecified atom stereocenters. The number of nitrogens with one attached hydrogen (secondary N) is 2. The number of nitrogen functional groups attached to an aromatic ring is 2. The van der Waals surface area contributed by atoms with Crippen molar-refractivity contribution in [3.8, 4) is 0 Å². The van der Waals surface area contributed by atoms with Crippen LogP contribution >= 0.6 is 0 Å². The third-order valence-corrected chi connectivity index (χ3v) is 5.83. The summed E-state index contributed by atoms with van der Waals surface area (Å²) >= 11 is 0. The molecule has 10 nitrogen and oxygen atoms in total. The van der Waals surface area contributed by atoms with Crippen molar-refractivity contribution >= 4 is 46.5 Å². The highest BCUT2D eigenvalue weighted by molar-refractivity contribution is 6.09. The molecule has 0 spiro atoms. The smallest absolute Gasteiger partial charge is 0.337 e. The molecule has 0 fully saturated rings. The van der Waals surface area contributed by atoms with E-state index in [0.29, 0.717) is 22.5 Å². The van der Waals surface area contributed by atoms with Gasteiger partial charge in [0.2, 0.25) is 0 Å². The van der Waals surface area contributed by atoms with Gasteiger partial charge in [-0.1, -0.05) is 24.3 Å². The van der Waals surface area contributed by atoms with Crippen LogP contribution in [0.5, 0.6) is 0 Å². The molecular weight excluding hydrogens is 500 g/mol. The van der Waals surface area contributed by atoms with Crippen LogP contribution < -0.4 is 22.1 Å². The molecule has 4 aromatic carbocycles. The standard InChI is InChI=1S/C29H24N4O6/c30-20-5-1-3-18(14-20)26(34)32-24-9-7-16(12-22(24)28(36)37)11-17-8-10-25(23(13-17)29(38)39)33-27(35)19-4-2-6-21(31)15-19/h1-10,12-15H,11,30-31H2,(H,32,34)(H,33,35)(H,36,37)(H,38,39). The Balaban J connectivity index is 1.55. The lowest BCUT2D eigenvalue weighted by Gasteiger charge is -2.13. The second kappa shape index (κ2) is 11.2. The van der Waals surface area contributed by atoms with Crippen LogP contribution in [0.25, 0.3) is 0 Å². The highest BCUT2D eigenvalue weighted by Crippen LogP contribution is 2.24. The number of aromatic carboxylic acids is 2. The Labute approximate surface area is 222 Å². The number of hydrogen-bond acceptors (Lipinski definition) is 6. The average Bonchev–Trinajstić information content (AvgIpc) is 2.90. The molecule has 0 bridgehead atoms. The van der Waals surface area contributed by atoms with Gasteiger partial charge in [-0.2, -0.15) is 0 Å². The molecule has 0 heterocycles. The van der Waals surface area contributed by atoms with Crippen LogP contribution in [0.1, 0.15) is 52.6 Å². The van der Waals surface area contributed by atoms with Gasteiger partial charge in [-0.05, 0) is 78.2 Å². The Hall–Kier alpha value is -5.64. The van der Waals surface area contributed by atoms with Gasteiger partial charge in [0.1, 0.15) is 0 Å². The predicted octanol–water partition coefficient (Wildman–Crippen LogP) is 4.34. The second-order valence-corrected chi connectivity index (χ2v) is 8.71. The molecule has 2 amide bonds. The summed E-state index contributed by atoms with van der Waals surface area (Å²) in [4.78, 5) is 49.0. The summed E-state index contributed by atoms with van der Waals surface area (Å²) in [5.74, 6) is -3.52. The van der Waals surface area contributed by atoms with E-state index in [4.69, 9.17) is 11.5 Å². The molecule has 39 heavy (non-hydrogen) atoms. The van der Waals surface area contributed by atoms with Crippen molar-refractivity contribution in [2.75, 3.05) is 22.1 Å². The Bertz CT molecular complexity index is 1500. The van der Waals surface area contributed by atoms with Crippen LogP contribution in [-0.2, 0) is 6.42 Å². The van der Waals surface area contributed by atoms with E-state index in [2.05, 4.69) is 10.6 Å². The molecule has 0 radical (unpaired) electrons. The summed E-state index contributed by atoms with van der Waals surface area (Å²) in [5, 5.41) is 24.7. The molecule has 4 aromatic rings. The zero-order valence-corrected chi connectivity index (χ0v) is 20.5. The van der Waals surface area contributed by atoms with Crippen molar-refractivity contribution in [2.24, 2.45) is 0 Å². The van der Waals surface area contributed by atoms with Crippen LogP contribution in [0, 0.1) is 0 Å². The fraction of sp³-hybridized carbons (Fsp3) is 0.0345. The van der Waals surface area contributed by atoms with Gasteiger partial charge in [0, 0.05) is 22.5 Å². The summed E-state index contributed by atoms with van der Waals surface area (Å²) < 4.78 is 0. The minimum absolute atomic E-state index is 0.101. The van der Waals surface area contributed by atoms with Gasteiger partial charge in [0.05, 0.1) is 22.5 Å². The minimum atomic E-state index is -1.24. The molecule has 10 heteroatoms. The molecular formula is C29H24N4O6. The zero-order chi connectivity index (χ0) is 28.1. The summed E-state index contributed by atoms with van der Waals surface area (Å²) in [5.41, 5.74) is 13.9. The molecule has 0 aliphatic rings. The maximum absolute atomic E-state index is 12.6. The maximum atomic E-state index is 12.6. The molecule has 0 aliphatic carbocycles. The Morgan fingerprint density at radius 1 is 0.590 bits per heavy atom. The van der Waals surface area contributed by atoms with E-state index < -0.39 is 23.8 Å². The van der Waals surface area contributed by atoms with Crippen LogP contribution in [-0.4, -0.2) is 34.0 Å². The number of nitrogens with two attached hydrogens (primary N) is 2. The lowest BCUT2D eigenvalue weighted by molar-refractivity contribution is 0.0687. The molecule has 4 rings (SSSR count). The average molecular weight is 525 g/mol. The van der Waals surface area contributed by atoms with Crippen LogP contribution in [0.15, 0.2) is 84.9 Å². The molecule has 8 N–H and O–H groups in total. The number of benzene rings is 4. The Morgan fingerprint density at radius 3 is 1.36 bits per heavy atom. The third-order valence-electron chi connectivity index (χ3n) is 5.83. The maximum Gasteiger partial charge on any atom is 0.337 e. The summed E-state index contributed by atoms with van der Waals surface area (Å²) in [7, 11) is 0. The number of carboxylic acids is 2. The Kier molecular flexibility index (Phi) is 7.57. The first-order valence-corrected chi connectivity index (χ1v) is 11.7. The SMILES string of the molecule is Nc1cccc(C(=O)Nc2ccc(Cc3ccc(NC(=O)c4cccc(N)c4)c(C(=O)O)c3)cc2C(=O)O)c1. The van der Waals surface area contributed by atoms with Crippen molar-refractivity contribution < 1.29 is 29.4 Å². The van der Waals surface area contributed by atoms with Gasteiger partial charge in [-0.15, -0.1) is 0 Å². The van der Waals surface area contributed by atoms with E-state index in [1.54, 1.807) is 48.5 Å². The summed E-state index contributed by atoms with van der Waals surface area (Å²) in [6.45, 7) is 0. The van der Waals surface area contributed by atoms with Crippen LogP contribution in [0.3, 0.4) is 0 Å². The first-order chi connectivity index (χ1) is 18.6. The molecule has 0 atom stereocenters. The lowest BCUT2D eigenvalue weighted by atomic mass is 9.99. The quantitative estimate of drug-likeness (QED) is 0.184. The highest BCUT2D eigenvalue weighted by Gasteiger charge is 2.17. The van der Waals surface area contributed by atoms with Gasteiger partial charge in [0.15, 0.2) is 0 Å². The first kappa shape index (κ1) is 26.4. The third kappa shape index (κ3) is 6.38. The predicted molar refractivity (Wildman–Crippen MR) is 147 cm³/mol. The fourth-order valence-corrected chi connectivity index (χ4v) is 3.96. The monoisotopic (exact) mass is 524 g/mol. The normalized spacial score (nSPS) is 10.5. The van der Waals surface area contributed by atoms with Gasteiger partial charge in [0.25, 0.3) is 11.8 Å². The summed E-state index contributed by atoms with van der Waals surface area (Å²) in [6, 6.07) is 21.6. The van der Waals surface area contributed by atoms with Crippen molar-refractivity contribution in [3.63, 3.8) is 0 Å². The van der Waals surface area contributed by atoms with E-state index >= 15 is 0 Å². The van der Waals surface area contributed by atoms with E-state index in [1.165, 1.54) is 36.4 Å². The van der Waals surface area contributed by atoms with Gasteiger partial charge >= 0.3 is 11.9 Å². The molecule has 196 valence electrons. The molecule has 0 aromatic heterocycles. The number of carbonyl (C=O) groups is 4. The lowest BCUT2D eigenvalue weighted by Crippen LogP contribution is -2.15. The topological polar surface area (TPSA) is 185 Å². The van der Waals surface area contributed by atoms with Gasteiger partial charge in [-0.25, -0.2) is 9.59 Å². The molecule has 0 saturated heterocycles. The van der Waals surface area contributed by atoms with E-state index in [0.717, 1.165) is 0 Å². The summed E-state index contributed by atoms with van der Waals surface area (Å²) in [6.07, 6.45) is 0.202. The van der Waals surface area contributed by atoms with Gasteiger partial charge < -0.3 is 32.3 Å². The van der Waals surface area contributed by atoms with Crippen LogP contribution in [0.4, 0.5) is 22.7 Å². The van der Waals surface area contributed by atoms with E-state index in [9.17, 15) is 29.4 Å². The van der Waals surface area contributed by atoms with Crippen molar-refractivity contribution in [1.82, 2.24) is 0 Å². The number of amides is 2. The number of anilines is 4. The van der Waals surface area contributed by atoms with Crippen LogP contribution in [0.2, 0.25) is 0 Å². The molecule has 0 aliphatic heterocycles. The molecule has 0 saturated carbocycles. The number of carboxylic acid groups (broad SMARTS) is 2. The second-order valence-electron chi connectivity index (χ2n) is 8.71. The largest absolute Gasteiger partial charge is 0.478 e. The number of rotatable bonds is 8.